The predicted octanol–water partition coefficient (Wildman–Crippen LogP) is 2.91. The third-order valence-corrected chi connectivity index (χ3v) is 3.60. The summed E-state index contributed by atoms with van der Waals surface area (Å²) in [6.45, 7) is 6.15. The fourth-order valence-corrected chi connectivity index (χ4v) is 2.38. The van der Waals surface area contributed by atoms with Crippen molar-refractivity contribution in [3.63, 3.8) is 0 Å². The lowest BCUT2D eigenvalue weighted by atomic mass is 10.2. The van der Waals surface area contributed by atoms with E-state index in [9.17, 15) is 13.6 Å². The fraction of sp³-hybridized carbons (Fsp3) is 0.533. The number of piperazine rings is 1. The summed E-state index contributed by atoms with van der Waals surface area (Å²) < 4.78 is 26.2. The number of anilines is 1. The van der Waals surface area contributed by atoms with Crippen LogP contribution in [0.4, 0.5) is 19.3 Å². The fourth-order valence-electron chi connectivity index (χ4n) is 2.38. The van der Waals surface area contributed by atoms with Crippen LogP contribution in [0.5, 0.6) is 0 Å². The summed E-state index contributed by atoms with van der Waals surface area (Å²) in [7, 11) is 0. The molecule has 2 amide bonds. The Hall–Kier alpha value is -1.69. The molecule has 0 aromatic heterocycles. The molecule has 1 aliphatic rings. The number of nitrogens with zero attached hydrogens (tertiary/aromatic N) is 2. The molecule has 0 unspecified atom stereocenters. The van der Waals surface area contributed by atoms with Crippen LogP contribution in [0.25, 0.3) is 0 Å². The number of hydrogen-bond acceptors (Lipinski definition) is 2. The third kappa shape index (κ3) is 4.67. The standard InChI is InChI=1S/C15H21F2N3O/c1-2-3-4-19-5-7-20(8-6-19)15(21)18-14-10-12(16)9-13(17)11-14/h9-11H,2-8H2,1H3,(H,18,21). The lowest BCUT2D eigenvalue weighted by Crippen LogP contribution is -2.50. The molecule has 1 aromatic rings. The Morgan fingerprint density at radius 1 is 1.14 bits per heavy atom. The molecule has 6 heteroatoms. The van der Waals surface area contributed by atoms with E-state index < -0.39 is 11.6 Å². The van der Waals surface area contributed by atoms with Gasteiger partial charge in [-0.05, 0) is 25.1 Å². The predicted molar refractivity (Wildman–Crippen MR) is 78.3 cm³/mol. The normalized spacial score (nSPS) is 16.0. The van der Waals surface area contributed by atoms with Crippen molar-refractivity contribution in [3.8, 4) is 0 Å². The zero-order chi connectivity index (χ0) is 15.2. The van der Waals surface area contributed by atoms with E-state index in [0.717, 1.165) is 50.7 Å². The molecule has 1 aromatic carbocycles. The highest BCUT2D eigenvalue weighted by atomic mass is 19.1. The van der Waals surface area contributed by atoms with E-state index in [-0.39, 0.29) is 11.7 Å². The van der Waals surface area contributed by atoms with Crippen molar-refractivity contribution < 1.29 is 13.6 Å². The Labute approximate surface area is 123 Å². The molecule has 21 heavy (non-hydrogen) atoms. The molecule has 1 fully saturated rings. The molecule has 0 bridgehead atoms. The molecular formula is C15H21F2N3O. The van der Waals surface area contributed by atoms with Crippen molar-refractivity contribution in [1.29, 1.82) is 0 Å². The minimum absolute atomic E-state index is 0.144. The second-order valence-electron chi connectivity index (χ2n) is 5.27. The van der Waals surface area contributed by atoms with Gasteiger partial charge in [-0.15, -0.1) is 0 Å². The number of nitrogens with one attached hydrogen (secondary N) is 1. The van der Waals surface area contributed by atoms with Gasteiger partial charge in [0.25, 0.3) is 0 Å². The van der Waals surface area contributed by atoms with E-state index in [1.165, 1.54) is 0 Å². The SMILES string of the molecule is CCCCN1CCN(C(=O)Nc2cc(F)cc(F)c2)CC1. The molecule has 0 spiro atoms. The number of benzene rings is 1. The summed E-state index contributed by atoms with van der Waals surface area (Å²) >= 11 is 0. The van der Waals surface area contributed by atoms with Crippen LogP contribution >= 0.6 is 0 Å². The summed E-state index contributed by atoms with van der Waals surface area (Å²) in [6, 6.07) is 2.69. The molecule has 1 N–H and O–H groups in total. The van der Waals surface area contributed by atoms with Gasteiger partial charge in [-0.3, -0.25) is 4.90 Å². The van der Waals surface area contributed by atoms with Gasteiger partial charge in [0.15, 0.2) is 0 Å². The third-order valence-electron chi connectivity index (χ3n) is 3.60. The Bertz CT molecular complexity index is 468. The number of carbonyl (C=O) groups excluding carboxylic acids is 1. The van der Waals surface area contributed by atoms with Crippen LogP contribution in [0.3, 0.4) is 0 Å². The van der Waals surface area contributed by atoms with Gasteiger partial charge in [0, 0.05) is 37.9 Å². The summed E-state index contributed by atoms with van der Waals surface area (Å²) in [5, 5.41) is 2.54. The van der Waals surface area contributed by atoms with Crippen LogP contribution in [-0.2, 0) is 0 Å². The van der Waals surface area contributed by atoms with Gasteiger partial charge in [-0.25, -0.2) is 13.6 Å². The van der Waals surface area contributed by atoms with Gasteiger partial charge in [0.1, 0.15) is 11.6 Å². The van der Waals surface area contributed by atoms with Crippen molar-refractivity contribution in [1.82, 2.24) is 9.80 Å². The van der Waals surface area contributed by atoms with E-state index in [0.29, 0.717) is 13.1 Å². The van der Waals surface area contributed by atoms with E-state index in [2.05, 4.69) is 17.1 Å². The van der Waals surface area contributed by atoms with Gasteiger partial charge >= 0.3 is 6.03 Å². The number of unbranched alkanes of at least 4 members (excludes halogenated alkanes) is 1. The van der Waals surface area contributed by atoms with Crippen molar-refractivity contribution in [2.24, 2.45) is 0 Å². The number of urea groups is 1. The second kappa shape index (κ2) is 7.36. The van der Waals surface area contributed by atoms with E-state index in [4.69, 9.17) is 0 Å². The average Bonchev–Trinajstić information content (AvgIpc) is 2.44. The van der Waals surface area contributed by atoms with Crippen LogP contribution in [0, 0.1) is 11.6 Å². The van der Waals surface area contributed by atoms with Gasteiger partial charge in [-0.2, -0.15) is 0 Å². The Balaban J connectivity index is 1.84. The summed E-state index contributed by atoms with van der Waals surface area (Å²) in [5.41, 5.74) is 0.144. The molecule has 0 aliphatic carbocycles. The Morgan fingerprint density at radius 3 is 2.33 bits per heavy atom. The van der Waals surface area contributed by atoms with Gasteiger partial charge in [0.05, 0.1) is 0 Å². The molecule has 0 saturated carbocycles. The molecule has 2 rings (SSSR count). The zero-order valence-electron chi connectivity index (χ0n) is 12.2. The zero-order valence-corrected chi connectivity index (χ0v) is 12.2. The molecule has 116 valence electrons. The lowest BCUT2D eigenvalue weighted by molar-refractivity contribution is 0.146. The smallest absolute Gasteiger partial charge is 0.321 e. The highest BCUT2D eigenvalue weighted by Crippen LogP contribution is 2.14. The number of rotatable bonds is 4. The van der Waals surface area contributed by atoms with Crippen LogP contribution in [0.1, 0.15) is 19.8 Å². The molecule has 1 aliphatic heterocycles. The molecule has 1 heterocycles. The van der Waals surface area contributed by atoms with Crippen molar-refractivity contribution in [2.75, 3.05) is 38.0 Å². The Morgan fingerprint density at radius 2 is 1.76 bits per heavy atom. The Kier molecular flexibility index (Phi) is 5.50. The van der Waals surface area contributed by atoms with Crippen LogP contribution in [-0.4, -0.2) is 48.6 Å². The highest BCUT2D eigenvalue weighted by Gasteiger charge is 2.20. The minimum Gasteiger partial charge on any atom is -0.322 e. The molecule has 0 radical (unpaired) electrons. The van der Waals surface area contributed by atoms with Crippen LogP contribution in [0.15, 0.2) is 18.2 Å². The second-order valence-corrected chi connectivity index (χ2v) is 5.27. The first-order valence-corrected chi connectivity index (χ1v) is 7.33. The monoisotopic (exact) mass is 297 g/mol. The van der Waals surface area contributed by atoms with Gasteiger partial charge in [-0.1, -0.05) is 13.3 Å². The largest absolute Gasteiger partial charge is 0.322 e. The lowest BCUT2D eigenvalue weighted by Gasteiger charge is -2.34. The van der Waals surface area contributed by atoms with Gasteiger partial charge < -0.3 is 10.2 Å². The van der Waals surface area contributed by atoms with Crippen LogP contribution < -0.4 is 5.32 Å². The topological polar surface area (TPSA) is 35.6 Å². The maximum atomic E-state index is 13.1. The van der Waals surface area contributed by atoms with Crippen LogP contribution in [0.2, 0.25) is 0 Å². The summed E-state index contributed by atoms with van der Waals surface area (Å²) in [4.78, 5) is 16.1. The molecule has 0 atom stereocenters. The number of amides is 2. The molecular weight excluding hydrogens is 276 g/mol. The average molecular weight is 297 g/mol. The first-order chi connectivity index (χ1) is 10.1. The number of carbonyl (C=O) groups is 1. The highest BCUT2D eigenvalue weighted by molar-refractivity contribution is 5.89. The summed E-state index contributed by atoms with van der Waals surface area (Å²) in [5.74, 6) is -1.40. The minimum atomic E-state index is -0.699. The van der Waals surface area contributed by atoms with E-state index >= 15 is 0 Å². The first kappa shape index (κ1) is 15.7. The summed E-state index contributed by atoms with van der Waals surface area (Å²) in [6.07, 6.45) is 2.32. The maximum absolute atomic E-state index is 13.1. The van der Waals surface area contributed by atoms with Crippen molar-refractivity contribution in [3.05, 3.63) is 29.8 Å². The first-order valence-electron chi connectivity index (χ1n) is 7.33. The van der Waals surface area contributed by atoms with Crippen molar-refractivity contribution in [2.45, 2.75) is 19.8 Å². The van der Waals surface area contributed by atoms with Gasteiger partial charge in [0.2, 0.25) is 0 Å². The maximum Gasteiger partial charge on any atom is 0.321 e. The van der Waals surface area contributed by atoms with Crippen molar-refractivity contribution >= 4 is 11.7 Å². The number of halogens is 2. The van der Waals surface area contributed by atoms with E-state index in [1.807, 2.05) is 0 Å². The molecule has 1 saturated heterocycles. The quantitative estimate of drug-likeness (QED) is 0.927. The van der Waals surface area contributed by atoms with E-state index in [1.54, 1.807) is 4.90 Å². The molecule has 4 nitrogen and oxygen atoms in total. The number of hydrogen-bond donors (Lipinski definition) is 1.